The van der Waals surface area contributed by atoms with E-state index in [1.54, 1.807) is 55.5 Å². The third-order valence-corrected chi connectivity index (χ3v) is 5.61. The summed E-state index contributed by atoms with van der Waals surface area (Å²) in [7, 11) is 1.38. The number of carbonyl (C=O) groups excluding carboxylic acids is 2. The first-order valence-electron chi connectivity index (χ1n) is 9.80. The first-order valence-corrected chi connectivity index (χ1v) is 10.2. The Bertz CT molecular complexity index is 1260. The Morgan fingerprint density at radius 1 is 1.06 bits per heavy atom. The Morgan fingerprint density at radius 2 is 1.72 bits per heavy atom. The molecule has 0 bridgehead atoms. The van der Waals surface area contributed by atoms with E-state index in [2.05, 4.69) is 0 Å². The third kappa shape index (κ3) is 3.52. The fourth-order valence-electron chi connectivity index (χ4n) is 3.94. The van der Waals surface area contributed by atoms with Crippen molar-refractivity contribution in [1.29, 1.82) is 0 Å². The van der Waals surface area contributed by atoms with Crippen LogP contribution in [-0.4, -0.2) is 23.9 Å². The molecule has 5 nitrogen and oxygen atoms in total. The van der Waals surface area contributed by atoms with Crippen LogP contribution in [0.15, 0.2) is 72.3 Å². The van der Waals surface area contributed by atoms with Crippen LogP contribution in [0.3, 0.4) is 0 Å². The second kappa shape index (κ2) is 8.48. The molecule has 0 radical (unpaired) electrons. The van der Waals surface area contributed by atoms with Gasteiger partial charge in [-0.15, -0.1) is 0 Å². The normalized spacial score (nSPS) is 17.6. The van der Waals surface area contributed by atoms with Crippen LogP contribution in [0.4, 0.5) is 10.1 Å². The number of para-hydroxylation sites is 1. The number of halogens is 2. The summed E-state index contributed by atoms with van der Waals surface area (Å²) in [6.07, 6.45) is 0. The standard InChI is InChI=1S/C25H19ClFNO4/c1-14-12-17(24(32-2)18(26)13-14)22(29)20-21(16-10-6-7-11-19(16)27)28(25(31)23(20)30)15-8-4-3-5-9-15/h3-13,21,29H,1-2H3/b22-20+. The molecule has 1 atom stereocenters. The smallest absolute Gasteiger partial charge is 0.300 e. The van der Waals surface area contributed by atoms with Crippen molar-refractivity contribution in [3.8, 4) is 5.75 Å². The van der Waals surface area contributed by atoms with Crippen LogP contribution in [0.1, 0.15) is 22.7 Å². The number of anilines is 1. The van der Waals surface area contributed by atoms with Crippen LogP contribution in [0, 0.1) is 12.7 Å². The molecular formula is C25H19ClFNO4. The van der Waals surface area contributed by atoms with Crippen molar-refractivity contribution in [2.45, 2.75) is 13.0 Å². The molecule has 3 aromatic rings. The fraction of sp³-hybridized carbons (Fsp3) is 0.120. The molecular weight excluding hydrogens is 433 g/mol. The molecule has 0 aliphatic carbocycles. The number of nitrogens with zero attached hydrogens (tertiary/aromatic N) is 1. The van der Waals surface area contributed by atoms with Gasteiger partial charge in [0.2, 0.25) is 0 Å². The number of Topliss-reactive ketones (excluding diaryl/α,β-unsaturated/α-hetero) is 1. The Labute approximate surface area is 189 Å². The molecule has 1 aliphatic heterocycles. The van der Waals surface area contributed by atoms with Crippen molar-refractivity contribution in [2.24, 2.45) is 0 Å². The molecule has 1 N–H and O–H groups in total. The summed E-state index contributed by atoms with van der Waals surface area (Å²) in [6.45, 7) is 1.76. The van der Waals surface area contributed by atoms with Gasteiger partial charge in [0.1, 0.15) is 17.3 Å². The van der Waals surface area contributed by atoms with Crippen molar-refractivity contribution < 1.29 is 23.8 Å². The van der Waals surface area contributed by atoms with Crippen molar-refractivity contribution in [3.05, 3.63) is 99.8 Å². The van der Waals surface area contributed by atoms with Gasteiger partial charge in [-0.2, -0.15) is 0 Å². The highest BCUT2D eigenvalue weighted by atomic mass is 35.5. The highest BCUT2D eigenvalue weighted by Crippen LogP contribution is 2.44. The number of ketones is 1. The third-order valence-electron chi connectivity index (χ3n) is 5.33. The quantitative estimate of drug-likeness (QED) is 0.326. The molecule has 1 aliphatic rings. The van der Waals surface area contributed by atoms with Crippen LogP contribution >= 0.6 is 11.6 Å². The molecule has 32 heavy (non-hydrogen) atoms. The summed E-state index contributed by atoms with van der Waals surface area (Å²) in [5, 5.41) is 11.5. The molecule has 0 aromatic heterocycles. The lowest BCUT2D eigenvalue weighted by molar-refractivity contribution is -0.132. The summed E-state index contributed by atoms with van der Waals surface area (Å²) in [6, 6.07) is 16.4. The number of aryl methyl sites for hydroxylation is 1. The van der Waals surface area contributed by atoms with E-state index in [1.165, 1.54) is 30.2 Å². The molecule has 1 heterocycles. The summed E-state index contributed by atoms with van der Waals surface area (Å²) in [4.78, 5) is 27.4. The molecule has 7 heteroatoms. The summed E-state index contributed by atoms with van der Waals surface area (Å²) in [5.74, 6) is -2.76. The van der Waals surface area contributed by atoms with E-state index in [0.717, 1.165) is 0 Å². The number of rotatable bonds is 4. The summed E-state index contributed by atoms with van der Waals surface area (Å²) >= 11 is 6.27. The lowest BCUT2D eigenvalue weighted by Crippen LogP contribution is -2.29. The Morgan fingerprint density at radius 3 is 2.38 bits per heavy atom. The summed E-state index contributed by atoms with van der Waals surface area (Å²) in [5.41, 5.74) is 1.08. The minimum atomic E-state index is -1.18. The molecule has 162 valence electrons. The van der Waals surface area contributed by atoms with Gasteiger partial charge in [-0.25, -0.2) is 4.39 Å². The van der Waals surface area contributed by atoms with Gasteiger partial charge < -0.3 is 9.84 Å². The van der Waals surface area contributed by atoms with Gasteiger partial charge >= 0.3 is 0 Å². The van der Waals surface area contributed by atoms with E-state index in [0.29, 0.717) is 11.3 Å². The highest BCUT2D eigenvalue weighted by molar-refractivity contribution is 6.51. The van der Waals surface area contributed by atoms with Gasteiger partial charge in [0.25, 0.3) is 11.7 Å². The first-order chi connectivity index (χ1) is 15.3. The van der Waals surface area contributed by atoms with Crippen LogP contribution in [0.25, 0.3) is 5.76 Å². The van der Waals surface area contributed by atoms with E-state index in [1.807, 2.05) is 0 Å². The number of hydrogen-bond acceptors (Lipinski definition) is 4. The lowest BCUT2D eigenvalue weighted by Gasteiger charge is -2.26. The van der Waals surface area contributed by atoms with Crippen molar-refractivity contribution >= 4 is 34.7 Å². The molecule has 4 rings (SSSR count). The summed E-state index contributed by atoms with van der Waals surface area (Å²) < 4.78 is 20.2. The minimum absolute atomic E-state index is 0.0785. The van der Waals surface area contributed by atoms with E-state index in [9.17, 15) is 19.1 Å². The SMILES string of the molecule is COc1c(Cl)cc(C)cc1/C(O)=C1\C(=O)C(=O)N(c2ccccc2)C1c1ccccc1F. The second-order valence-corrected chi connectivity index (χ2v) is 7.76. The minimum Gasteiger partial charge on any atom is -0.507 e. The van der Waals surface area contributed by atoms with E-state index >= 15 is 0 Å². The number of methoxy groups -OCH3 is 1. The molecule has 1 unspecified atom stereocenters. The molecule has 3 aromatic carbocycles. The highest BCUT2D eigenvalue weighted by Gasteiger charge is 2.48. The van der Waals surface area contributed by atoms with Crippen molar-refractivity contribution in [2.75, 3.05) is 12.0 Å². The molecule has 0 spiro atoms. The zero-order valence-corrected chi connectivity index (χ0v) is 18.1. The molecule has 1 amide bonds. The topological polar surface area (TPSA) is 66.8 Å². The number of amides is 1. The van der Waals surface area contributed by atoms with Gasteiger partial charge in [0, 0.05) is 11.3 Å². The predicted octanol–water partition coefficient (Wildman–Crippen LogP) is 5.42. The molecule has 1 saturated heterocycles. The van der Waals surface area contributed by atoms with Crippen molar-refractivity contribution in [1.82, 2.24) is 0 Å². The molecule has 0 saturated carbocycles. The number of aliphatic hydroxyl groups excluding tert-OH is 1. The number of benzene rings is 3. The number of ether oxygens (including phenoxy) is 1. The van der Waals surface area contributed by atoms with Gasteiger partial charge in [-0.05, 0) is 42.8 Å². The zero-order chi connectivity index (χ0) is 23.0. The average Bonchev–Trinajstić information content (AvgIpc) is 3.04. The van der Waals surface area contributed by atoms with E-state index in [4.69, 9.17) is 16.3 Å². The maximum Gasteiger partial charge on any atom is 0.300 e. The monoisotopic (exact) mass is 451 g/mol. The number of hydrogen-bond donors (Lipinski definition) is 1. The Balaban J connectivity index is 2.03. The average molecular weight is 452 g/mol. The van der Waals surface area contributed by atoms with Crippen LogP contribution < -0.4 is 9.64 Å². The Hall–Kier alpha value is -3.64. The zero-order valence-electron chi connectivity index (χ0n) is 17.3. The van der Waals surface area contributed by atoms with Gasteiger partial charge in [0.05, 0.1) is 29.3 Å². The number of carbonyl (C=O) groups is 2. The van der Waals surface area contributed by atoms with Crippen LogP contribution in [-0.2, 0) is 9.59 Å². The predicted molar refractivity (Wildman–Crippen MR) is 120 cm³/mol. The van der Waals surface area contributed by atoms with Crippen molar-refractivity contribution in [3.63, 3.8) is 0 Å². The van der Waals surface area contributed by atoms with Crippen LogP contribution in [0.5, 0.6) is 5.75 Å². The maximum atomic E-state index is 14.9. The van der Waals surface area contributed by atoms with E-state index in [-0.39, 0.29) is 27.5 Å². The largest absolute Gasteiger partial charge is 0.507 e. The Kier molecular flexibility index (Phi) is 5.72. The second-order valence-electron chi connectivity index (χ2n) is 7.35. The van der Waals surface area contributed by atoms with Crippen LogP contribution in [0.2, 0.25) is 5.02 Å². The van der Waals surface area contributed by atoms with Gasteiger partial charge in [-0.3, -0.25) is 14.5 Å². The van der Waals surface area contributed by atoms with Gasteiger partial charge in [-0.1, -0.05) is 48.0 Å². The maximum absolute atomic E-state index is 14.9. The van der Waals surface area contributed by atoms with Gasteiger partial charge in [0.15, 0.2) is 0 Å². The fourth-order valence-corrected chi connectivity index (χ4v) is 4.29. The first kappa shape index (κ1) is 21.6. The number of aliphatic hydroxyl groups is 1. The van der Waals surface area contributed by atoms with E-state index < -0.39 is 29.3 Å². The molecule has 1 fully saturated rings. The lowest BCUT2D eigenvalue weighted by atomic mass is 9.94.